The fourth-order valence-corrected chi connectivity index (χ4v) is 3.22. The molecule has 30 heavy (non-hydrogen) atoms. The topological polar surface area (TPSA) is 90.8 Å². The highest BCUT2D eigenvalue weighted by Gasteiger charge is 2.13. The van der Waals surface area contributed by atoms with Gasteiger partial charge in [-0.3, -0.25) is 0 Å². The van der Waals surface area contributed by atoms with Gasteiger partial charge in [0.05, 0.1) is 30.1 Å². The van der Waals surface area contributed by atoms with Crippen molar-refractivity contribution >= 4 is 23.1 Å². The van der Waals surface area contributed by atoms with Crippen molar-refractivity contribution in [2.24, 2.45) is 0 Å². The lowest BCUT2D eigenvalue weighted by Gasteiger charge is -2.12. The summed E-state index contributed by atoms with van der Waals surface area (Å²) >= 11 is 6.43. The number of ether oxygens (including phenoxy) is 2. The van der Waals surface area contributed by atoms with E-state index in [4.69, 9.17) is 26.8 Å². The number of nitrogens with zero attached hydrogens (tertiary/aromatic N) is 5. The first kappa shape index (κ1) is 22.1. The lowest BCUT2D eigenvalue weighted by atomic mass is 10.1. The maximum absolute atomic E-state index is 6.43. The van der Waals surface area contributed by atoms with E-state index in [-0.39, 0.29) is 6.01 Å². The molecular formula is C21H29ClN6O2. The van der Waals surface area contributed by atoms with Crippen LogP contribution >= 0.6 is 11.6 Å². The third-order valence-electron chi connectivity index (χ3n) is 4.56. The Kier molecular flexibility index (Phi) is 7.70. The van der Waals surface area contributed by atoms with Gasteiger partial charge in [-0.1, -0.05) is 31.0 Å². The van der Waals surface area contributed by atoms with E-state index in [0.717, 1.165) is 37.1 Å². The van der Waals surface area contributed by atoms with Gasteiger partial charge in [0, 0.05) is 13.0 Å². The molecule has 0 unspecified atom stereocenters. The van der Waals surface area contributed by atoms with Crippen molar-refractivity contribution in [2.75, 3.05) is 39.6 Å². The van der Waals surface area contributed by atoms with Crippen LogP contribution in [-0.4, -0.2) is 58.3 Å². The first-order chi connectivity index (χ1) is 14.5. The quantitative estimate of drug-likeness (QED) is 0.464. The second kappa shape index (κ2) is 10.4. The van der Waals surface area contributed by atoms with Crippen molar-refractivity contribution in [3.05, 3.63) is 40.7 Å². The molecule has 9 heteroatoms. The molecule has 1 aromatic carbocycles. The molecule has 0 bridgehead atoms. The average molecular weight is 433 g/mol. The molecule has 0 aliphatic rings. The van der Waals surface area contributed by atoms with E-state index in [1.807, 2.05) is 32.3 Å². The van der Waals surface area contributed by atoms with Crippen LogP contribution in [0.2, 0.25) is 5.02 Å². The van der Waals surface area contributed by atoms with E-state index < -0.39 is 0 Å². The van der Waals surface area contributed by atoms with Crippen molar-refractivity contribution in [3.63, 3.8) is 0 Å². The zero-order valence-corrected chi connectivity index (χ0v) is 18.5. The van der Waals surface area contributed by atoms with Crippen LogP contribution in [0.3, 0.4) is 0 Å². The molecule has 2 N–H and O–H groups in total. The number of nitrogen functional groups attached to an aromatic ring is 1. The molecule has 0 aliphatic carbocycles. The fourth-order valence-electron chi connectivity index (χ4n) is 2.96. The van der Waals surface area contributed by atoms with Gasteiger partial charge in [0.1, 0.15) is 5.75 Å². The van der Waals surface area contributed by atoms with Gasteiger partial charge in [0.25, 0.3) is 0 Å². The summed E-state index contributed by atoms with van der Waals surface area (Å²) in [6.07, 6.45) is 5.24. The van der Waals surface area contributed by atoms with Crippen molar-refractivity contribution in [1.82, 2.24) is 24.5 Å². The summed E-state index contributed by atoms with van der Waals surface area (Å²) in [6.45, 7) is 4.25. The third-order valence-corrected chi connectivity index (χ3v) is 4.85. The monoisotopic (exact) mass is 432 g/mol. The number of nitrogens with two attached hydrogens (primary N) is 1. The SMILES string of the molecule is CCCCOc1nc(N)c2ncc(Cc3ccc(OCCCN(C)C)c(Cl)c3)n2n1. The summed E-state index contributed by atoms with van der Waals surface area (Å²) in [5.74, 6) is 0.984. The summed E-state index contributed by atoms with van der Waals surface area (Å²) in [4.78, 5) is 10.7. The predicted octanol–water partition coefficient (Wildman–Crippen LogP) is 3.46. The molecule has 3 aromatic rings. The fraction of sp³-hybridized carbons (Fsp3) is 0.476. The Morgan fingerprint density at radius 3 is 2.70 bits per heavy atom. The number of benzene rings is 1. The second-order valence-corrected chi connectivity index (χ2v) is 7.82. The number of aromatic nitrogens is 4. The number of unbranched alkanes of at least 4 members (excludes halogenated alkanes) is 1. The zero-order valence-electron chi connectivity index (χ0n) is 17.8. The van der Waals surface area contributed by atoms with E-state index >= 15 is 0 Å². The average Bonchev–Trinajstić information content (AvgIpc) is 3.10. The zero-order chi connectivity index (χ0) is 21.5. The largest absolute Gasteiger partial charge is 0.492 e. The molecule has 0 radical (unpaired) electrons. The van der Waals surface area contributed by atoms with Crippen LogP contribution in [0, 0.1) is 0 Å². The number of fused-ring (bicyclic) bond motifs is 1. The van der Waals surface area contributed by atoms with Gasteiger partial charge >= 0.3 is 6.01 Å². The Labute approximate surface area is 182 Å². The molecule has 0 spiro atoms. The Bertz CT molecular complexity index is 976. The summed E-state index contributed by atoms with van der Waals surface area (Å²) in [5.41, 5.74) is 8.44. The minimum Gasteiger partial charge on any atom is -0.492 e. The van der Waals surface area contributed by atoms with Crippen molar-refractivity contribution in [2.45, 2.75) is 32.6 Å². The molecular weight excluding hydrogens is 404 g/mol. The minimum absolute atomic E-state index is 0.257. The van der Waals surface area contributed by atoms with Crippen LogP contribution in [0.15, 0.2) is 24.4 Å². The Morgan fingerprint density at radius 1 is 1.17 bits per heavy atom. The Morgan fingerprint density at radius 2 is 1.97 bits per heavy atom. The van der Waals surface area contributed by atoms with Gasteiger partial charge in [0.2, 0.25) is 0 Å². The normalized spacial score (nSPS) is 11.4. The molecule has 0 fully saturated rings. The standard InChI is InChI=1S/C21H29ClN6O2/c1-4-5-10-30-21-25-19(23)20-24-14-16(28(20)26-21)12-15-7-8-18(17(22)13-15)29-11-6-9-27(2)3/h7-8,13-14H,4-6,9-12H2,1-3H3,(H2,23,25,26). The highest BCUT2D eigenvalue weighted by molar-refractivity contribution is 6.32. The highest BCUT2D eigenvalue weighted by Crippen LogP contribution is 2.27. The first-order valence-corrected chi connectivity index (χ1v) is 10.5. The van der Waals surface area contributed by atoms with Crippen LogP contribution in [-0.2, 0) is 6.42 Å². The highest BCUT2D eigenvalue weighted by atomic mass is 35.5. The van der Waals surface area contributed by atoms with E-state index in [1.54, 1.807) is 10.7 Å². The Hall–Kier alpha value is -2.58. The first-order valence-electron chi connectivity index (χ1n) is 10.2. The molecule has 8 nitrogen and oxygen atoms in total. The van der Waals surface area contributed by atoms with Gasteiger partial charge in [-0.15, -0.1) is 5.10 Å². The van der Waals surface area contributed by atoms with Gasteiger partial charge in [0.15, 0.2) is 11.5 Å². The lowest BCUT2D eigenvalue weighted by molar-refractivity contribution is 0.280. The molecule has 2 aromatic heterocycles. The Balaban J connectivity index is 1.71. The summed E-state index contributed by atoms with van der Waals surface area (Å²) in [5, 5.41) is 5.03. The van der Waals surface area contributed by atoms with Crippen LogP contribution in [0.5, 0.6) is 11.8 Å². The van der Waals surface area contributed by atoms with E-state index in [1.165, 1.54) is 0 Å². The van der Waals surface area contributed by atoms with Crippen LogP contribution in [0.1, 0.15) is 37.4 Å². The van der Waals surface area contributed by atoms with Gasteiger partial charge in [-0.2, -0.15) is 4.98 Å². The number of rotatable bonds is 11. The predicted molar refractivity (Wildman–Crippen MR) is 119 cm³/mol. The molecule has 0 aliphatic heterocycles. The lowest BCUT2D eigenvalue weighted by Crippen LogP contribution is -2.15. The van der Waals surface area contributed by atoms with E-state index in [0.29, 0.717) is 41.9 Å². The molecule has 3 rings (SSSR count). The summed E-state index contributed by atoms with van der Waals surface area (Å²) in [7, 11) is 4.08. The maximum atomic E-state index is 6.43. The minimum atomic E-state index is 0.257. The van der Waals surface area contributed by atoms with Crippen molar-refractivity contribution < 1.29 is 9.47 Å². The number of hydrogen-bond donors (Lipinski definition) is 1. The second-order valence-electron chi connectivity index (χ2n) is 7.41. The third kappa shape index (κ3) is 5.73. The van der Waals surface area contributed by atoms with E-state index in [9.17, 15) is 0 Å². The van der Waals surface area contributed by atoms with Crippen LogP contribution in [0.25, 0.3) is 5.65 Å². The number of anilines is 1. The molecule has 0 saturated heterocycles. The van der Waals surface area contributed by atoms with Crippen molar-refractivity contribution in [3.8, 4) is 11.8 Å². The van der Waals surface area contributed by atoms with Crippen LogP contribution in [0.4, 0.5) is 5.82 Å². The van der Waals surface area contributed by atoms with Gasteiger partial charge in [-0.05, 0) is 44.6 Å². The van der Waals surface area contributed by atoms with E-state index in [2.05, 4.69) is 26.9 Å². The number of halogens is 1. The summed E-state index contributed by atoms with van der Waals surface area (Å²) in [6, 6.07) is 6.06. The summed E-state index contributed by atoms with van der Waals surface area (Å²) < 4.78 is 13.1. The molecule has 0 atom stereocenters. The molecule has 2 heterocycles. The van der Waals surface area contributed by atoms with Gasteiger partial charge in [-0.25, -0.2) is 9.50 Å². The molecule has 0 amide bonds. The molecule has 0 saturated carbocycles. The molecule has 162 valence electrons. The number of hydrogen-bond acceptors (Lipinski definition) is 7. The number of imidazole rings is 1. The van der Waals surface area contributed by atoms with Crippen molar-refractivity contribution in [1.29, 1.82) is 0 Å². The smallest absolute Gasteiger partial charge is 0.336 e. The van der Waals surface area contributed by atoms with Gasteiger partial charge < -0.3 is 20.1 Å². The maximum Gasteiger partial charge on any atom is 0.336 e. The van der Waals surface area contributed by atoms with Crippen LogP contribution < -0.4 is 15.2 Å².